The molecular formula is C19H19ClN2O4S. The fourth-order valence-electron chi connectivity index (χ4n) is 3.06. The molecule has 27 heavy (non-hydrogen) atoms. The summed E-state index contributed by atoms with van der Waals surface area (Å²) >= 11 is 7.45. The van der Waals surface area contributed by atoms with Crippen molar-refractivity contribution in [3.8, 4) is 0 Å². The molecule has 0 saturated carbocycles. The summed E-state index contributed by atoms with van der Waals surface area (Å²) in [5.74, 6) is -0.783. The van der Waals surface area contributed by atoms with Crippen LogP contribution >= 0.6 is 23.4 Å². The largest absolute Gasteiger partial charge is 0.466 e. The van der Waals surface area contributed by atoms with Crippen molar-refractivity contribution in [2.24, 2.45) is 4.99 Å². The van der Waals surface area contributed by atoms with Crippen LogP contribution in [0, 0.1) is 0 Å². The van der Waals surface area contributed by atoms with Gasteiger partial charge in [-0.2, -0.15) is 0 Å². The lowest BCUT2D eigenvalue weighted by Gasteiger charge is -2.36. The summed E-state index contributed by atoms with van der Waals surface area (Å²) in [5, 5.41) is 3.17. The van der Waals surface area contributed by atoms with Gasteiger partial charge in [0.05, 0.1) is 37.4 Å². The highest BCUT2D eigenvalue weighted by molar-refractivity contribution is 8.16. The third kappa shape index (κ3) is 3.89. The number of methoxy groups -OCH3 is 1. The number of rotatable bonds is 5. The maximum absolute atomic E-state index is 12.5. The summed E-state index contributed by atoms with van der Waals surface area (Å²) in [6.07, 6.45) is 0.0947. The Morgan fingerprint density at radius 1 is 1.30 bits per heavy atom. The first-order valence-corrected chi connectivity index (χ1v) is 9.65. The van der Waals surface area contributed by atoms with Crippen LogP contribution < -0.4 is 0 Å². The second kappa shape index (κ2) is 8.19. The maximum Gasteiger partial charge on any atom is 0.338 e. The van der Waals surface area contributed by atoms with Crippen molar-refractivity contribution < 1.29 is 19.1 Å². The van der Waals surface area contributed by atoms with Crippen molar-refractivity contribution in [3.63, 3.8) is 0 Å². The number of carbonyl (C=O) groups is 2. The zero-order valence-corrected chi connectivity index (χ0v) is 16.8. The van der Waals surface area contributed by atoms with Crippen molar-refractivity contribution in [1.82, 2.24) is 4.90 Å². The Morgan fingerprint density at radius 3 is 2.63 bits per heavy atom. The van der Waals surface area contributed by atoms with Crippen LogP contribution in [0.2, 0.25) is 5.02 Å². The highest BCUT2D eigenvalue weighted by Crippen LogP contribution is 2.44. The average Bonchev–Trinajstić information content (AvgIpc) is 3.03. The third-order valence-electron chi connectivity index (χ3n) is 4.22. The Kier molecular flexibility index (Phi) is 5.92. The molecule has 0 bridgehead atoms. The Morgan fingerprint density at radius 2 is 2.00 bits per heavy atom. The Hall–Kier alpha value is -2.25. The lowest BCUT2D eigenvalue weighted by Crippen LogP contribution is -2.37. The standard InChI is InChI=1S/C19H19ClN2O4S/c1-4-26-15(23)9-14-10-27-19-21-11(2)16(18(24)25-3)17(22(14)19)12-5-7-13(20)8-6-12/h5-8,10,17H,4,9H2,1-3H3/t17-/m1/s1. The molecule has 8 heteroatoms. The molecule has 142 valence electrons. The molecule has 0 unspecified atom stereocenters. The van der Waals surface area contributed by atoms with Gasteiger partial charge in [-0.15, -0.1) is 0 Å². The van der Waals surface area contributed by atoms with Gasteiger partial charge in [-0.1, -0.05) is 35.5 Å². The molecule has 0 N–H and O–H groups in total. The van der Waals surface area contributed by atoms with Gasteiger partial charge in [-0.25, -0.2) is 9.79 Å². The normalized spacial score (nSPS) is 18.7. The second-order valence-electron chi connectivity index (χ2n) is 5.92. The van der Waals surface area contributed by atoms with E-state index in [0.717, 1.165) is 11.3 Å². The Labute approximate surface area is 166 Å². The molecule has 0 radical (unpaired) electrons. The van der Waals surface area contributed by atoms with Crippen LogP contribution in [0.4, 0.5) is 0 Å². The monoisotopic (exact) mass is 406 g/mol. The van der Waals surface area contributed by atoms with Crippen LogP contribution in [0.1, 0.15) is 31.9 Å². The predicted molar refractivity (Wildman–Crippen MR) is 105 cm³/mol. The van der Waals surface area contributed by atoms with E-state index < -0.39 is 12.0 Å². The van der Waals surface area contributed by atoms with Gasteiger partial charge < -0.3 is 14.4 Å². The smallest absolute Gasteiger partial charge is 0.338 e. The highest BCUT2D eigenvalue weighted by atomic mass is 35.5. The molecule has 0 spiro atoms. The van der Waals surface area contributed by atoms with Gasteiger partial charge in [-0.05, 0) is 37.0 Å². The number of benzene rings is 1. The third-order valence-corrected chi connectivity index (χ3v) is 5.36. The van der Waals surface area contributed by atoms with Crippen LogP contribution in [0.25, 0.3) is 0 Å². The van der Waals surface area contributed by atoms with Gasteiger partial charge in [0.15, 0.2) is 5.17 Å². The van der Waals surface area contributed by atoms with Crippen LogP contribution in [0.3, 0.4) is 0 Å². The summed E-state index contributed by atoms with van der Waals surface area (Å²) in [6.45, 7) is 3.86. The number of amidine groups is 1. The minimum absolute atomic E-state index is 0.0947. The quantitative estimate of drug-likeness (QED) is 0.687. The molecule has 0 amide bonds. The van der Waals surface area contributed by atoms with Crippen LogP contribution in [0.15, 0.2) is 51.6 Å². The Balaban J connectivity index is 2.06. The van der Waals surface area contributed by atoms with Crippen molar-refractivity contribution in [2.75, 3.05) is 13.7 Å². The molecule has 2 aliphatic rings. The molecule has 2 aliphatic heterocycles. The predicted octanol–water partition coefficient (Wildman–Crippen LogP) is 4.04. The number of thioether (sulfide) groups is 1. The molecule has 2 heterocycles. The van der Waals surface area contributed by atoms with Crippen molar-refractivity contribution in [1.29, 1.82) is 0 Å². The number of esters is 2. The number of aliphatic imine (C=N–C) groups is 1. The lowest BCUT2D eigenvalue weighted by molar-refractivity contribution is -0.142. The first-order valence-electron chi connectivity index (χ1n) is 8.40. The molecular weight excluding hydrogens is 388 g/mol. The summed E-state index contributed by atoms with van der Waals surface area (Å²) in [7, 11) is 1.34. The van der Waals surface area contributed by atoms with E-state index in [-0.39, 0.29) is 12.4 Å². The van der Waals surface area contributed by atoms with E-state index in [2.05, 4.69) is 4.99 Å². The first-order chi connectivity index (χ1) is 13.0. The molecule has 1 aromatic carbocycles. The number of carbonyl (C=O) groups excluding carboxylic acids is 2. The zero-order chi connectivity index (χ0) is 19.6. The van der Waals surface area contributed by atoms with Gasteiger partial charge in [0.25, 0.3) is 0 Å². The highest BCUT2D eigenvalue weighted by Gasteiger charge is 2.41. The van der Waals surface area contributed by atoms with Gasteiger partial charge >= 0.3 is 11.9 Å². The molecule has 0 aromatic heterocycles. The number of nitrogens with zero attached hydrogens (tertiary/aromatic N) is 2. The molecule has 1 aromatic rings. The number of fused-ring (bicyclic) bond motifs is 1. The molecule has 0 saturated heterocycles. The van der Waals surface area contributed by atoms with E-state index in [1.54, 1.807) is 26.0 Å². The number of ether oxygens (including phenoxy) is 2. The van der Waals surface area contributed by atoms with Gasteiger partial charge in [0.1, 0.15) is 0 Å². The SMILES string of the molecule is CCOC(=O)CC1=CSC2=NC(C)=C(C(=O)OC)[C@@H](c3ccc(Cl)cc3)N12. The summed E-state index contributed by atoms with van der Waals surface area (Å²) < 4.78 is 10.1. The summed E-state index contributed by atoms with van der Waals surface area (Å²) in [4.78, 5) is 31.0. The number of hydrogen-bond acceptors (Lipinski definition) is 7. The van der Waals surface area contributed by atoms with Crippen molar-refractivity contribution in [3.05, 3.63) is 57.2 Å². The first kappa shape index (κ1) is 19.5. The topological polar surface area (TPSA) is 68.2 Å². The Bertz CT molecular complexity index is 861. The molecule has 0 fully saturated rings. The number of allylic oxidation sites excluding steroid dienone is 1. The van der Waals surface area contributed by atoms with Gasteiger partial charge in [0, 0.05) is 10.7 Å². The molecule has 1 atom stereocenters. The van der Waals surface area contributed by atoms with Crippen molar-refractivity contribution in [2.45, 2.75) is 26.3 Å². The summed E-state index contributed by atoms with van der Waals surface area (Å²) in [5.41, 5.74) is 2.60. The van der Waals surface area contributed by atoms with E-state index in [1.807, 2.05) is 22.4 Å². The molecule has 3 rings (SSSR count). The zero-order valence-electron chi connectivity index (χ0n) is 15.2. The fourth-order valence-corrected chi connectivity index (χ4v) is 4.15. The van der Waals surface area contributed by atoms with E-state index in [1.165, 1.54) is 18.9 Å². The van der Waals surface area contributed by atoms with Crippen LogP contribution in [0.5, 0.6) is 0 Å². The summed E-state index contributed by atoms with van der Waals surface area (Å²) in [6, 6.07) is 6.79. The van der Waals surface area contributed by atoms with E-state index >= 15 is 0 Å². The average molecular weight is 407 g/mol. The molecule has 6 nitrogen and oxygen atoms in total. The lowest BCUT2D eigenvalue weighted by atomic mass is 9.94. The maximum atomic E-state index is 12.5. The molecule has 0 aliphatic carbocycles. The van der Waals surface area contributed by atoms with Crippen molar-refractivity contribution >= 4 is 40.5 Å². The van der Waals surface area contributed by atoms with Crippen LogP contribution in [-0.2, 0) is 19.1 Å². The fraction of sp³-hybridized carbons (Fsp3) is 0.316. The van der Waals surface area contributed by atoms with Gasteiger partial charge in [0.2, 0.25) is 0 Å². The number of halogens is 1. The minimum atomic E-state index is -0.460. The second-order valence-corrected chi connectivity index (χ2v) is 7.19. The van der Waals surface area contributed by atoms with E-state index in [9.17, 15) is 9.59 Å². The van der Waals surface area contributed by atoms with E-state index in [4.69, 9.17) is 21.1 Å². The van der Waals surface area contributed by atoms with Gasteiger partial charge in [-0.3, -0.25) is 4.79 Å². The minimum Gasteiger partial charge on any atom is -0.466 e. The van der Waals surface area contributed by atoms with Crippen LogP contribution in [-0.4, -0.2) is 35.7 Å². The number of hydrogen-bond donors (Lipinski definition) is 0. The van der Waals surface area contributed by atoms with E-state index in [0.29, 0.717) is 28.1 Å².